The number of nitrogens with zero attached hydrogens (tertiary/aromatic N) is 4. The Kier molecular flexibility index (Phi) is 6.53. The number of aryl methyl sites for hydroxylation is 1. The van der Waals surface area contributed by atoms with Gasteiger partial charge < -0.3 is 4.57 Å². The van der Waals surface area contributed by atoms with E-state index in [1.54, 1.807) is 0 Å². The van der Waals surface area contributed by atoms with Gasteiger partial charge in [-0.25, -0.2) is 15.0 Å². The van der Waals surface area contributed by atoms with E-state index in [0.717, 1.165) is 46.8 Å². The van der Waals surface area contributed by atoms with Crippen molar-refractivity contribution in [2.45, 2.75) is 33.9 Å². The minimum Gasteiger partial charge on any atom is -0.340 e. The highest BCUT2D eigenvalue weighted by molar-refractivity contribution is 6.67. The molecule has 0 aliphatic carbocycles. The monoisotopic (exact) mass is 534 g/mol. The van der Waals surface area contributed by atoms with Crippen molar-refractivity contribution in [1.29, 1.82) is 0 Å². The van der Waals surface area contributed by atoms with Gasteiger partial charge in [0.1, 0.15) is 0 Å². The Labute approximate surface area is 209 Å². The molecule has 0 N–H and O–H groups in total. The van der Waals surface area contributed by atoms with Gasteiger partial charge in [0.2, 0.25) is 7.59 Å². The third-order valence-electron chi connectivity index (χ3n) is 4.91. The summed E-state index contributed by atoms with van der Waals surface area (Å²) in [5.41, 5.74) is 2.82. The Morgan fingerprint density at radius 3 is 2.00 bits per heavy atom. The molecule has 0 saturated carbocycles. The summed E-state index contributed by atoms with van der Waals surface area (Å²) < 4.78 is -1.56. The molecule has 2 aromatic carbocycles. The molecule has 4 rings (SSSR count). The van der Waals surface area contributed by atoms with Gasteiger partial charge in [-0.05, 0) is 18.6 Å². The van der Waals surface area contributed by atoms with Crippen LogP contribution >= 0.6 is 69.6 Å². The number of benzene rings is 2. The summed E-state index contributed by atoms with van der Waals surface area (Å²) in [7, 11) is 0. The van der Waals surface area contributed by atoms with E-state index in [1.165, 1.54) is 0 Å². The molecule has 0 atom stereocenters. The zero-order valence-electron chi connectivity index (χ0n) is 16.2. The Balaban J connectivity index is 2.07. The van der Waals surface area contributed by atoms with Gasteiger partial charge in [-0.2, -0.15) is 0 Å². The number of aromatic nitrogens is 4. The van der Waals surface area contributed by atoms with Crippen molar-refractivity contribution >= 4 is 91.4 Å². The fraction of sp³-hybridized carbons (Fsp3) is 0.286. The Morgan fingerprint density at radius 1 is 0.774 bits per heavy atom. The van der Waals surface area contributed by atoms with Crippen LogP contribution in [0.4, 0.5) is 0 Å². The number of hydrogen-bond acceptors (Lipinski definition) is 3. The summed E-state index contributed by atoms with van der Waals surface area (Å²) in [6.07, 6.45) is 2.06. The Morgan fingerprint density at radius 2 is 1.39 bits per heavy atom. The molecule has 0 aliphatic heterocycles. The molecule has 0 aliphatic rings. The van der Waals surface area contributed by atoms with E-state index >= 15 is 0 Å². The van der Waals surface area contributed by atoms with E-state index in [-0.39, 0.29) is 17.5 Å². The summed E-state index contributed by atoms with van der Waals surface area (Å²) in [6, 6.07) is 14.1. The lowest BCUT2D eigenvalue weighted by atomic mass is 10.1. The zero-order valence-corrected chi connectivity index (χ0v) is 20.8. The summed E-state index contributed by atoms with van der Waals surface area (Å²) in [4.78, 5) is 12.9. The number of halogens is 6. The topological polar surface area (TPSA) is 43.6 Å². The van der Waals surface area contributed by atoms with Gasteiger partial charge in [-0.1, -0.05) is 113 Å². The molecule has 0 spiro atoms. The van der Waals surface area contributed by atoms with E-state index < -0.39 is 7.59 Å². The predicted octanol–water partition coefficient (Wildman–Crippen LogP) is 8.10. The van der Waals surface area contributed by atoms with Crippen molar-refractivity contribution < 1.29 is 0 Å². The molecular formula is C21H16Cl6N4. The van der Waals surface area contributed by atoms with Crippen molar-refractivity contribution in [3.05, 3.63) is 54.1 Å². The average molecular weight is 537 g/mol. The molecule has 0 fully saturated rings. The standard InChI is InChI=1S/C21H16Cl6N4/c1-2-3-11-31-15-10-5-4-7-12(15)13-8-6-9-14(16(13)31)17-28-18(20(22,23)24)30-19(29-17)21(25,26)27/h4-10H,2-3,11H2,1H3. The second-order valence-electron chi connectivity index (χ2n) is 7.03. The lowest BCUT2D eigenvalue weighted by Gasteiger charge is -2.16. The van der Waals surface area contributed by atoms with Crippen molar-refractivity contribution in [2.24, 2.45) is 0 Å². The van der Waals surface area contributed by atoms with Gasteiger partial charge in [-0.3, -0.25) is 0 Å². The molecule has 0 radical (unpaired) electrons. The smallest absolute Gasteiger partial charge is 0.250 e. The van der Waals surface area contributed by atoms with E-state index in [9.17, 15) is 0 Å². The highest BCUT2D eigenvalue weighted by Gasteiger charge is 2.34. The normalized spacial score (nSPS) is 12.7. The van der Waals surface area contributed by atoms with E-state index in [0.29, 0.717) is 0 Å². The fourth-order valence-electron chi connectivity index (χ4n) is 3.59. The minimum absolute atomic E-state index is 0.114. The molecule has 162 valence electrons. The highest BCUT2D eigenvalue weighted by Crippen LogP contribution is 2.42. The fourth-order valence-corrected chi connectivity index (χ4v) is 4.09. The van der Waals surface area contributed by atoms with Crippen LogP contribution in [0, 0.1) is 0 Å². The van der Waals surface area contributed by atoms with Crippen LogP contribution in [0.5, 0.6) is 0 Å². The highest BCUT2D eigenvalue weighted by atomic mass is 35.6. The predicted molar refractivity (Wildman–Crippen MR) is 132 cm³/mol. The van der Waals surface area contributed by atoms with Gasteiger partial charge in [0.05, 0.1) is 5.52 Å². The van der Waals surface area contributed by atoms with Crippen molar-refractivity contribution in [3.63, 3.8) is 0 Å². The molecule has 0 amide bonds. The first-order valence-corrected chi connectivity index (χ1v) is 11.8. The van der Waals surface area contributed by atoms with Crippen LogP contribution in [0.2, 0.25) is 0 Å². The first-order chi connectivity index (χ1) is 14.6. The molecule has 0 saturated heterocycles. The first kappa shape index (κ1) is 23.2. The maximum Gasteiger partial charge on any atom is 0.250 e. The summed E-state index contributed by atoms with van der Waals surface area (Å²) >= 11 is 36.4. The minimum atomic E-state index is -1.91. The average Bonchev–Trinajstić information content (AvgIpc) is 3.04. The molecule has 2 heterocycles. The third kappa shape index (κ3) is 4.57. The van der Waals surface area contributed by atoms with E-state index in [1.807, 2.05) is 24.3 Å². The van der Waals surface area contributed by atoms with Crippen LogP contribution in [0.3, 0.4) is 0 Å². The molecule has 4 aromatic rings. The maximum atomic E-state index is 6.07. The Hall–Kier alpha value is -1.01. The van der Waals surface area contributed by atoms with Crippen LogP contribution in [-0.2, 0) is 14.1 Å². The van der Waals surface area contributed by atoms with Crippen molar-refractivity contribution in [2.75, 3.05) is 0 Å². The first-order valence-electron chi connectivity index (χ1n) is 9.52. The van der Waals surface area contributed by atoms with Crippen LogP contribution < -0.4 is 0 Å². The molecule has 4 nitrogen and oxygen atoms in total. The van der Waals surface area contributed by atoms with Crippen molar-refractivity contribution in [1.82, 2.24) is 19.5 Å². The summed E-state index contributed by atoms with van der Waals surface area (Å²) in [5.74, 6) is 0.0397. The zero-order chi connectivity index (χ0) is 22.4. The second-order valence-corrected chi connectivity index (χ2v) is 11.6. The van der Waals surface area contributed by atoms with Crippen LogP contribution in [-0.4, -0.2) is 19.5 Å². The number of hydrogen-bond donors (Lipinski definition) is 0. The lowest BCUT2D eigenvalue weighted by molar-refractivity contribution is 0.665. The van der Waals surface area contributed by atoms with Crippen LogP contribution in [0.25, 0.3) is 33.2 Å². The number of unbranched alkanes of at least 4 members (excludes halogenated alkanes) is 1. The number of para-hydroxylation sites is 2. The molecular weight excluding hydrogens is 521 g/mol. The van der Waals surface area contributed by atoms with Crippen molar-refractivity contribution in [3.8, 4) is 11.4 Å². The molecule has 31 heavy (non-hydrogen) atoms. The van der Waals surface area contributed by atoms with Gasteiger partial charge in [0, 0.05) is 28.4 Å². The number of alkyl halides is 6. The molecule has 0 unspecified atom stereocenters. The summed E-state index contributed by atoms with van der Waals surface area (Å²) in [5, 5.41) is 2.20. The number of rotatable bonds is 4. The second kappa shape index (κ2) is 8.74. The molecule has 0 bridgehead atoms. The third-order valence-corrected chi connectivity index (χ3v) is 5.92. The summed E-state index contributed by atoms with van der Waals surface area (Å²) in [6.45, 7) is 2.98. The van der Waals surface area contributed by atoms with Gasteiger partial charge >= 0.3 is 0 Å². The van der Waals surface area contributed by atoms with E-state index in [2.05, 4.69) is 44.6 Å². The van der Waals surface area contributed by atoms with Gasteiger partial charge in [-0.15, -0.1) is 0 Å². The van der Waals surface area contributed by atoms with Crippen LogP contribution in [0.15, 0.2) is 42.5 Å². The van der Waals surface area contributed by atoms with Gasteiger partial charge in [0.15, 0.2) is 17.5 Å². The molecule has 2 aromatic heterocycles. The maximum absolute atomic E-state index is 6.07. The quantitative estimate of drug-likeness (QED) is 0.247. The van der Waals surface area contributed by atoms with E-state index in [4.69, 9.17) is 69.6 Å². The molecule has 10 heteroatoms. The number of fused-ring (bicyclic) bond motifs is 3. The lowest BCUT2D eigenvalue weighted by Crippen LogP contribution is -2.17. The largest absolute Gasteiger partial charge is 0.340 e. The SMILES string of the molecule is CCCCn1c2ccccc2c2cccc(-c3nc(C(Cl)(Cl)Cl)nc(C(Cl)(Cl)Cl)n3)c21. The Bertz CT molecular complexity index is 1220. The van der Waals surface area contributed by atoms with Crippen LogP contribution in [0.1, 0.15) is 31.4 Å². The van der Waals surface area contributed by atoms with Gasteiger partial charge in [0.25, 0.3) is 0 Å².